The van der Waals surface area contributed by atoms with Crippen molar-refractivity contribution < 1.29 is 14.0 Å². The van der Waals surface area contributed by atoms with Gasteiger partial charge in [0, 0.05) is 29.9 Å². The lowest BCUT2D eigenvalue weighted by Crippen LogP contribution is -2.32. The molecule has 6 nitrogen and oxygen atoms in total. The van der Waals surface area contributed by atoms with Gasteiger partial charge in [0.1, 0.15) is 11.5 Å². The number of carbonyl (C=O) groups excluding carboxylic acids is 2. The smallest absolute Gasteiger partial charge is 0.319 e. The van der Waals surface area contributed by atoms with Crippen molar-refractivity contribution in [2.24, 2.45) is 0 Å². The number of benzene rings is 1. The van der Waals surface area contributed by atoms with Gasteiger partial charge in [0.05, 0.1) is 6.04 Å². The molecule has 1 unspecified atom stereocenters. The summed E-state index contributed by atoms with van der Waals surface area (Å²) in [5.74, 6) is 1.48. The number of anilines is 1. The van der Waals surface area contributed by atoms with Gasteiger partial charge in [0.15, 0.2) is 0 Å². The van der Waals surface area contributed by atoms with Crippen molar-refractivity contribution in [1.29, 1.82) is 0 Å². The molecule has 0 aliphatic rings. The van der Waals surface area contributed by atoms with Gasteiger partial charge in [-0.25, -0.2) is 4.79 Å². The van der Waals surface area contributed by atoms with Gasteiger partial charge in [0.2, 0.25) is 0 Å². The second kappa shape index (κ2) is 9.60. The summed E-state index contributed by atoms with van der Waals surface area (Å²) in [6, 6.07) is 8.16. The van der Waals surface area contributed by atoms with Gasteiger partial charge in [-0.2, -0.15) is 0 Å². The highest BCUT2D eigenvalue weighted by Crippen LogP contribution is 2.21. The SMILES string of the molecule is C=CCN(CC=C)C(=O)c1ccc(NC(=O)NC(C)c2cc(C)oc2C)cc1. The molecule has 1 atom stereocenters. The first-order valence-corrected chi connectivity index (χ1v) is 9.11. The van der Waals surface area contributed by atoms with Crippen molar-refractivity contribution >= 4 is 17.6 Å². The zero-order valence-corrected chi connectivity index (χ0v) is 16.6. The minimum Gasteiger partial charge on any atom is -0.466 e. The van der Waals surface area contributed by atoms with Crippen LogP contribution in [0.4, 0.5) is 10.5 Å². The number of urea groups is 1. The van der Waals surface area contributed by atoms with Crippen molar-refractivity contribution in [2.75, 3.05) is 18.4 Å². The van der Waals surface area contributed by atoms with E-state index in [2.05, 4.69) is 23.8 Å². The van der Waals surface area contributed by atoms with E-state index in [1.165, 1.54) is 0 Å². The summed E-state index contributed by atoms with van der Waals surface area (Å²) >= 11 is 0. The molecule has 0 bridgehead atoms. The first kappa shape index (κ1) is 21.0. The molecule has 0 aliphatic heterocycles. The molecule has 2 aromatic rings. The van der Waals surface area contributed by atoms with Crippen LogP contribution in [0.5, 0.6) is 0 Å². The molecule has 6 heteroatoms. The molecule has 2 rings (SSSR count). The largest absolute Gasteiger partial charge is 0.466 e. The van der Waals surface area contributed by atoms with Gasteiger partial charge in [0.25, 0.3) is 5.91 Å². The van der Waals surface area contributed by atoms with Gasteiger partial charge in [-0.15, -0.1) is 13.2 Å². The highest BCUT2D eigenvalue weighted by atomic mass is 16.3. The number of nitrogens with one attached hydrogen (secondary N) is 2. The highest BCUT2D eigenvalue weighted by molar-refractivity contribution is 5.95. The van der Waals surface area contributed by atoms with E-state index < -0.39 is 0 Å². The van der Waals surface area contributed by atoms with Crippen molar-refractivity contribution in [3.63, 3.8) is 0 Å². The summed E-state index contributed by atoms with van der Waals surface area (Å²) in [6.45, 7) is 13.9. The second-order valence-electron chi connectivity index (χ2n) is 6.55. The number of furan rings is 1. The molecular weight excluding hydrogens is 354 g/mol. The summed E-state index contributed by atoms with van der Waals surface area (Å²) < 4.78 is 5.51. The monoisotopic (exact) mass is 381 g/mol. The number of hydrogen-bond donors (Lipinski definition) is 2. The van der Waals surface area contributed by atoms with Crippen LogP contribution in [0.25, 0.3) is 0 Å². The zero-order chi connectivity index (χ0) is 20.7. The molecule has 0 fully saturated rings. The van der Waals surface area contributed by atoms with Gasteiger partial charge in [-0.1, -0.05) is 12.2 Å². The van der Waals surface area contributed by atoms with Crippen molar-refractivity contribution in [2.45, 2.75) is 26.8 Å². The maximum atomic E-state index is 12.5. The van der Waals surface area contributed by atoms with E-state index >= 15 is 0 Å². The fraction of sp³-hybridized carbons (Fsp3) is 0.273. The summed E-state index contributed by atoms with van der Waals surface area (Å²) in [5, 5.41) is 5.66. The van der Waals surface area contributed by atoms with E-state index in [9.17, 15) is 9.59 Å². The maximum Gasteiger partial charge on any atom is 0.319 e. The van der Waals surface area contributed by atoms with Crippen LogP contribution < -0.4 is 10.6 Å². The molecule has 0 radical (unpaired) electrons. The Morgan fingerprint density at radius 2 is 1.75 bits per heavy atom. The van der Waals surface area contributed by atoms with Crippen LogP contribution >= 0.6 is 0 Å². The average molecular weight is 381 g/mol. The zero-order valence-electron chi connectivity index (χ0n) is 16.6. The summed E-state index contributed by atoms with van der Waals surface area (Å²) in [5.41, 5.74) is 2.07. The molecule has 0 saturated heterocycles. The number of carbonyl (C=O) groups is 2. The lowest BCUT2D eigenvalue weighted by atomic mass is 10.1. The van der Waals surface area contributed by atoms with Crippen LogP contribution in [0.2, 0.25) is 0 Å². The van der Waals surface area contributed by atoms with Gasteiger partial charge < -0.3 is 20.0 Å². The minimum absolute atomic E-state index is 0.116. The van der Waals surface area contributed by atoms with Crippen LogP contribution in [0.15, 0.2) is 60.1 Å². The molecule has 28 heavy (non-hydrogen) atoms. The molecule has 1 aromatic carbocycles. The molecule has 1 heterocycles. The Balaban J connectivity index is 1.98. The molecule has 1 aromatic heterocycles. The Morgan fingerprint density at radius 1 is 1.14 bits per heavy atom. The number of nitrogens with zero attached hydrogens (tertiary/aromatic N) is 1. The predicted octanol–water partition coefficient (Wildman–Crippen LogP) is 4.59. The third-order valence-corrected chi connectivity index (χ3v) is 4.27. The molecule has 3 amide bonds. The third kappa shape index (κ3) is 5.36. The van der Waals surface area contributed by atoms with Crippen LogP contribution in [-0.2, 0) is 0 Å². The molecular formula is C22H27N3O3. The fourth-order valence-corrected chi connectivity index (χ4v) is 2.95. The average Bonchev–Trinajstić information content (AvgIpc) is 3.00. The van der Waals surface area contributed by atoms with E-state index in [-0.39, 0.29) is 18.0 Å². The Morgan fingerprint density at radius 3 is 2.25 bits per heavy atom. The normalized spacial score (nSPS) is 11.4. The number of hydrogen-bond acceptors (Lipinski definition) is 3. The topological polar surface area (TPSA) is 74.6 Å². The van der Waals surface area contributed by atoms with E-state index in [0.717, 1.165) is 17.1 Å². The number of amides is 3. The highest BCUT2D eigenvalue weighted by Gasteiger charge is 2.16. The summed E-state index contributed by atoms with van der Waals surface area (Å²) in [6.07, 6.45) is 3.35. The van der Waals surface area contributed by atoms with Crippen molar-refractivity contribution in [1.82, 2.24) is 10.2 Å². The minimum atomic E-state index is -0.329. The maximum absolute atomic E-state index is 12.5. The number of rotatable bonds is 8. The lowest BCUT2D eigenvalue weighted by Gasteiger charge is -2.19. The summed E-state index contributed by atoms with van der Waals surface area (Å²) in [7, 11) is 0. The summed E-state index contributed by atoms with van der Waals surface area (Å²) in [4.78, 5) is 26.4. The molecule has 0 aliphatic carbocycles. The molecule has 148 valence electrons. The Hall–Kier alpha value is -3.28. The van der Waals surface area contributed by atoms with Crippen LogP contribution in [0.3, 0.4) is 0 Å². The Bertz CT molecular complexity index is 842. The van der Waals surface area contributed by atoms with Crippen molar-refractivity contribution in [3.8, 4) is 0 Å². The van der Waals surface area contributed by atoms with Crippen molar-refractivity contribution in [3.05, 3.63) is 78.3 Å². The lowest BCUT2D eigenvalue weighted by molar-refractivity contribution is 0.0791. The fourth-order valence-electron chi connectivity index (χ4n) is 2.95. The van der Waals surface area contributed by atoms with Gasteiger partial charge in [-0.05, 0) is 51.1 Å². The van der Waals surface area contributed by atoms with Crippen LogP contribution in [-0.4, -0.2) is 29.9 Å². The van der Waals surface area contributed by atoms with Gasteiger partial charge in [-0.3, -0.25) is 4.79 Å². The molecule has 2 N–H and O–H groups in total. The molecule has 0 spiro atoms. The Kier molecular flexibility index (Phi) is 7.21. The standard InChI is InChI=1S/C22H27N3O3/c1-6-12-25(13-7-2)21(26)18-8-10-19(11-9-18)24-22(27)23-16(4)20-14-15(3)28-17(20)5/h6-11,14,16H,1-2,12-13H2,3-5H3,(H2,23,24,27). The van der Waals surface area contributed by atoms with Crippen LogP contribution in [0, 0.1) is 13.8 Å². The van der Waals surface area contributed by atoms with Crippen LogP contribution in [0.1, 0.15) is 40.4 Å². The Labute approximate surface area is 165 Å². The van der Waals surface area contributed by atoms with E-state index in [1.807, 2.05) is 26.8 Å². The third-order valence-electron chi connectivity index (χ3n) is 4.27. The number of aryl methyl sites for hydroxylation is 2. The van der Waals surface area contributed by atoms with Gasteiger partial charge >= 0.3 is 6.03 Å². The first-order valence-electron chi connectivity index (χ1n) is 9.11. The predicted molar refractivity (Wildman–Crippen MR) is 111 cm³/mol. The second-order valence-corrected chi connectivity index (χ2v) is 6.55. The molecule has 0 saturated carbocycles. The van der Waals surface area contributed by atoms with E-state index in [4.69, 9.17) is 4.42 Å². The quantitative estimate of drug-likeness (QED) is 0.657. The van der Waals surface area contributed by atoms with E-state index in [1.54, 1.807) is 41.3 Å². The first-order chi connectivity index (χ1) is 13.3. The van der Waals surface area contributed by atoms with E-state index in [0.29, 0.717) is 24.3 Å².